The second-order valence-electron chi connectivity index (χ2n) is 8.50. The Morgan fingerprint density at radius 1 is 1.03 bits per heavy atom. The van der Waals surface area contributed by atoms with E-state index in [1.807, 2.05) is 38.2 Å². The number of methoxy groups -OCH3 is 1. The Kier molecular flexibility index (Phi) is 6.01. The van der Waals surface area contributed by atoms with Gasteiger partial charge in [0.05, 0.1) is 12.8 Å². The summed E-state index contributed by atoms with van der Waals surface area (Å²) in [6, 6.07) is 20.3. The van der Waals surface area contributed by atoms with Crippen LogP contribution in [0.4, 0.5) is 10.1 Å². The molecule has 36 heavy (non-hydrogen) atoms. The molecule has 7 nitrogen and oxygen atoms in total. The molecule has 0 bridgehead atoms. The minimum Gasteiger partial charge on any atom is -0.497 e. The molecule has 8 heteroatoms. The van der Waals surface area contributed by atoms with Gasteiger partial charge in [0.25, 0.3) is 11.5 Å². The zero-order chi connectivity index (χ0) is 25.4. The number of para-hydroxylation sites is 1. The molecule has 5 rings (SSSR count). The quantitative estimate of drug-likeness (QED) is 0.337. The zero-order valence-corrected chi connectivity index (χ0v) is 20.2. The fraction of sp³-hybridized carbons (Fsp3) is 0.179. The third-order valence-corrected chi connectivity index (χ3v) is 6.29. The average molecular weight is 485 g/mol. The highest BCUT2D eigenvalue weighted by Crippen LogP contribution is 2.30. The van der Waals surface area contributed by atoms with Gasteiger partial charge in [-0.3, -0.25) is 9.59 Å². The van der Waals surface area contributed by atoms with Gasteiger partial charge < -0.3 is 14.2 Å². The highest BCUT2D eigenvalue weighted by molar-refractivity contribution is 6.20. The summed E-state index contributed by atoms with van der Waals surface area (Å²) in [4.78, 5) is 29.4. The summed E-state index contributed by atoms with van der Waals surface area (Å²) in [6.07, 6.45) is 0.680. The number of carbonyl (C=O) groups excluding carboxylic acids is 1. The van der Waals surface area contributed by atoms with Crippen LogP contribution >= 0.6 is 0 Å². The normalized spacial score (nSPS) is 11.2. The molecule has 2 heterocycles. The number of carbonyl (C=O) groups is 1. The molecule has 0 atom stereocenters. The minimum atomic E-state index is -0.384. The first-order valence-corrected chi connectivity index (χ1v) is 11.7. The van der Waals surface area contributed by atoms with E-state index in [-0.39, 0.29) is 23.0 Å². The van der Waals surface area contributed by atoms with E-state index in [1.54, 1.807) is 53.0 Å². The molecule has 0 aliphatic rings. The molecule has 0 saturated heterocycles. The first-order valence-electron chi connectivity index (χ1n) is 11.7. The average Bonchev–Trinajstić information content (AvgIpc) is 3.21. The van der Waals surface area contributed by atoms with Crippen molar-refractivity contribution in [3.63, 3.8) is 0 Å². The number of nitrogens with zero attached hydrogens (tertiary/aromatic N) is 4. The maximum absolute atomic E-state index is 14.1. The second-order valence-corrected chi connectivity index (χ2v) is 8.50. The summed E-state index contributed by atoms with van der Waals surface area (Å²) in [5.74, 6) is -0.114. The summed E-state index contributed by atoms with van der Waals surface area (Å²) in [5, 5.41) is 5.88. The van der Waals surface area contributed by atoms with E-state index in [0.29, 0.717) is 41.0 Å². The van der Waals surface area contributed by atoms with Crippen LogP contribution in [0.25, 0.3) is 27.5 Å². The molecule has 182 valence electrons. The standard InChI is InChI=1S/C28H25FN4O3/c1-4-17-32(19-11-9-18(29)10-12-19)27(34)25-24-22-7-5-6-8-23(22)31(2)26(24)28(35)33(30-25)20-13-15-21(36-3)16-14-20/h5-16H,4,17H2,1-3H3. The van der Waals surface area contributed by atoms with Gasteiger partial charge in [-0.2, -0.15) is 9.78 Å². The lowest BCUT2D eigenvalue weighted by molar-refractivity contribution is 0.0982. The van der Waals surface area contributed by atoms with Gasteiger partial charge in [0.15, 0.2) is 5.69 Å². The van der Waals surface area contributed by atoms with Crippen molar-refractivity contribution in [2.45, 2.75) is 13.3 Å². The van der Waals surface area contributed by atoms with Gasteiger partial charge in [0.1, 0.15) is 17.1 Å². The molecular formula is C28H25FN4O3. The number of ether oxygens (including phenoxy) is 1. The van der Waals surface area contributed by atoms with Crippen molar-refractivity contribution >= 4 is 33.4 Å². The predicted octanol–water partition coefficient (Wildman–Crippen LogP) is 5.08. The molecule has 5 aromatic rings. The first kappa shape index (κ1) is 23.3. The van der Waals surface area contributed by atoms with Gasteiger partial charge in [-0.1, -0.05) is 25.1 Å². The van der Waals surface area contributed by atoms with Crippen LogP contribution in [0.3, 0.4) is 0 Å². The fourth-order valence-electron chi connectivity index (χ4n) is 4.55. The smallest absolute Gasteiger partial charge is 0.296 e. The summed E-state index contributed by atoms with van der Waals surface area (Å²) >= 11 is 0. The van der Waals surface area contributed by atoms with E-state index in [4.69, 9.17) is 4.74 Å². The lowest BCUT2D eigenvalue weighted by atomic mass is 10.1. The van der Waals surface area contributed by atoms with Crippen LogP contribution in [-0.2, 0) is 7.05 Å². The van der Waals surface area contributed by atoms with Crippen molar-refractivity contribution in [2.24, 2.45) is 7.05 Å². The van der Waals surface area contributed by atoms with Crippen LogP contribution in [0, 0.1) is 5.82 Å². The van der Waals surface area contributed by atoms with E-state index in [0.717, 1.165) is 10.9 Å². The number of halogens is 1. The number of fused-ring (bicyclic) bond motifs is 3. The number of rotatable bonds is 6. The molecular weight excluding hydrogens is 459 g/mol. The fourth-order valence-corrected chi connectivity index (χ4v) is 4.55. The minimum absolute atomic E-state index is 0.148. The van der Waals surface area contributed by atoms with Crippen LogP contribution in [0.2, 0.25) is 0 Å². The topological polar surface area (TPSA) is 69.4 Å². The number of hydrogen-bond acceptors (Lipinski definition) is 4. The van der Waals surface area contributed by atoms with E-state index >= 15 is 0 Å². The number of aryl methyl sites for hydroxylation is 1. The van der Waals surface area contributed by atoms with Crippen LogP contribution in [-0.4, -0.2) is 33.9 Å². The summed E-state index contributed by atoms with van der Waals surface area (Å²) in [6.45, 7) is 2.36. The van der Waals surface area contributed by atoms with Crippen LogP contribution < -0.4 is 15.2 Å². The van der Waals surface area contributed by atoms with Crippen LogP contribution in [0.15, 0.2) is 77.6 Å². The van der Waals surface area contributed by atoms with Gasteiger partial charge in [0, 0.05) is 35.6 Å². The zero-order valence-electron chi connectivity index (χ0n) is 20.2. The lowest BCUT2D eigenvalue weighted by Gasteiger charge is -2.22. The molecule has 0 saturated carbocycles. The van der Waals surface area contributed by atoms with Crippen molar-refractivity contribution in [3.05, 3.63) is 94.7 Å². The molecule has 3 aromatic carbocycles. The molecule has 0 unspecified atom stereocenters. The summed E-state index contributed by atoms with van der Waals surface area (Å²) in [7, 11) is 3.37. The van der Waals surface area contributed by atoms with E-state index in [1.165, 1.54) is 16.8 Å². The van der Waals surface area contributed by atoms with Gasteiger partial charge >= 0.3 is 0 Å². The third kappa shape index (κ3) is 3.80. The maximum Gasteiger partial charge on any atom is 0.296 e. The van der Waals surface area contributed by atoms with Crippen LogP contribution in [0.1, 0.15) is 23.8 Å². The van der Waals surface area contributed by atoms with E-state index < -0.39 is 0 Å². The van der Waals surface area contributed by atoms with Gasteiger partial charge in [0.2, 0.25) is 0 Å². The molecule has 2 aromatic heterocycles. The van der Waals surface area contributed by atoms with Crippen molar-refractivity contribution in [3.8, 4) is 11.4 Å². The molecule has 0 fully saturated rings. The van der Waals surface area contributed by atoms with Crippen molar-refractivity contribution in [1.82, 2.24) is 14.3 Å². The number of anilines is 1. The Morgan fingerprint density at radius 2 is 1.72 bits per heavy atom. The maximum atomic E-state index is 14.1. The number of hydrogen-bond donors (Lipinski definition) is 0. The van der Waals surface area contributed by atoms with Gasteiger partial charge in [-0.15, -0.1) is 0 Å². The van der Waals surface area contributed by atoms with Crippen molar-refractivity contribution in [2.75, 3.05) is 18.6 Å². The number of benzene rings is 3. The molecule has 0 aliphatic heterocycles. The van der Waals surface area contributed by atoms with Crippen LogP contribution in [0.5, 0.6) is 5.75 Å². The lowest BCUT2D eigenvalue weighted by Crippen LogP contribution is -2.35. The number of aromatic nitrogens is 3. The van der Waals surface area contributed by atoms with E-state index in [9.17, 15) is 14.0 Å². The largest absolute Gasteiger partial charge is 0.497 e. The molecule has 0 spiro atoms. The highest BCUT2D eigenvalue weighted by Gasteiger charge is 2.27. The Bertz CT molecular complexity index is 1640. The predicted molar refractivity (Wildman–Crippen MR) is 139 cm³/mol. The van der Waals surface area contributed by atoms with Crippen molar-refractivity contribution in [1.29, 1.82) is 0 Å². The Hall–Kier alpha value is -4.46. The van der Waals surface area contributed by atoms with Crippen molar-refractivity contribution < 1.29 is 13.9 Å². The number of amides is 1. The van der Waals surface area contributed by atoms with Gasteiger partial charge in [-0.05, 0) is 61.0 Å². The Labute approximate surface area is 206 Å². The summed E-state index contributed by atoms with van der Waals surface area (Å²) in [5.41, 5.74) is 2.06. The Balaban J connectivity index is 1.81. The highest BCUT2D eigenvalue weighted by atomic mass is 19.1. The molecule has 0 radical (unpaired) electrons. The third-order valence-electron chi connectivity index (χ3n) is 6.29. The second kappa shape index (κ2) is 9.30. The molecule has 0 N–H and O–H groups in total. The monoisotopic (exact) mass is 484 g/mol. The summed E-state index contributed by atoms with van der Waals surface area (Å²) < 4.78 is 21.9. The SMILES string of the molecule is CCCN(C(=O)c1nn(-c2ccc(OC)cc2)c(=O)c2c1c1ccccc1n2C)c1ccc(F)cc1. The Morgan fingerprint density at radius 3 is 2.39 bits per heavy atom. The first-order chi connectivity index (χ1) is 17.4. The van der Waals surface area contributed by atoms with Gasteiger partial charge in [-0.25, -0.2) is 4.39 Å². The van der Waals surface area contributed by atoms with E-state index in [2.05, 4.69) is 5.10 Å². The molecule has 1 amide bonds. The molecule has 0 aliphatic carbocycles.